The second kappa shape index (κ2) is 4.62. The fourth-order valence-electron chi connectivity index (χ4n) is 2.21. The number of halogens is 2. The fraction of sp³-hybridized carbons (Fsp3) is 0. The van der Waals surface area contributed by atoms with Crippen LogP contribution in [0.5, 0.6) is 0 Å². The van der Waals surface area contributed by atoms with Crippen molar-refractivity contribution in [3.63, 3.8) is 0 Å². The van der Waals surface area contributed by atoms with Gasteiger partial charge < -0.3 is 4.98 Å². The van der Waals surface area contributed by atoms with E-state index in [2.05, 4.69) is 11.1 Å². The standard InChI is InChI=1S/C15H8Cl2N2/c16-10-6-11-14(9-4-2-1-3-5-9)13(8-18)19-15(11)12(17)7-10/h1-7,19H. The highest BCUT2D eigenvalue weighted by molar-refractivity contribution is 6.39. The Balaban J connectivity index is 2.44. The van der Waals surface area contributed by atoms with Crippen LogP contribution in [0.25, 0.3) is 22.0 Å². The molecule has 3 aromatic rings. The van der Waals surface area contributed by atoms with E-state index in [-0.39, 0.29) is 0 Å². The molecule has 92 valence electrons. The van der Waals surface area contributed by atoms with Crippen LogP contribution >= 0.6 is 23.2 Å². The molecule has 0 saturated carbocycles. The number of hydrogen-bond acceptors (Lipinski definition) is 1. The van der Waals surface area contributed by atoms with Crippen LogP contribution in [-0.2, 0) is 0 Å². The molecule has 0 unspecified atom stereocenters. The van der Waals surface area contributed by atoms with Gasteiger partial charge >= 0.3 is 0 Å². The number of nitrogens with zero attached hydrogens (tertiary/aromatic N) is 1. The number of nitriles is 1. The molecule has 3 rings (SSSR count). The zero-order valence-corrected chi connectivity index (χ0v) is 11.3. The summed E-state index contributed by atoms with van der Waals surface area (Å²) in [5.41, 5.74) is 3.03. The van der Waals surface area contributed by atoms with Crippen LogP contribution in [0.2, 0.25) is 10.0 Å². The summed E-state index contributed by atoms with van der Waals surface area (Å²) in [7, 11) is 0. The average molecular weight is 287 g/mol. The average Bonchev–Trinajstić information content (AvgIpc) is 2.78. The highest BCUT2D eigenvalue weighted by Gasteiger charge is 2.15. The van der Waals surface area contributed by atoms with Crippen LogP contribution < -0.4 is 0 Å². The molecular formula is C15H8Cl2N2. The van der Waals surface area contributed by atoms with Crippen LogP contribution in [0, 0.1) is 11.3 Å². The predicted molar refractivity (Wildman–Crippen MR) is 78.5 cm³/mol. The van der Waals surface area contributed by atoms with E-state index in [4.69, 9.17) is 23.2 Å². The van der Waals surface area contributed by atoms with Crippen molar-refractivity contribution in [3.05, 3.63) is 58.2 Å². The van der Waals surface area contributed by atoms with Crippen molar-refractivity contribution in [3.8, 4) is 17.2 Å². The number of rotatable bonds is 1. The van der Waals surface area contributed by atoms with Crippen molar-refractivity contribution >= 4 is 34.1 Å². The number of fused-ring (bicyclic) bond motifs is 1. The maximum atomic E-state index is 9.28. The van der Waals surface area contributed by atoms with Crippen LogP contribution in [0.4, 0.5) is 0 Å². The molecule has 4 heteroatoms. The summed E-state index contributed by atoms with van der Waals surface area (Å²) < 4.78 is 0. The van der Waals surface area contributed by atoms with Gasteiger partial charge in [-0.25, -0.2) is 0 Å². The first-order valence-corrected chi connectivity index (χ1v) is 6.42. The molecule has 19 heavy (non-hydrogen) atoms. The van der Waals surface area contributed by atoms with E-state index in [1.54, 1.807) is 6.07 Å². The molecule has 0 atom stereocenters. The third-order valence-corrected chi connectivity index (χ3v) is 3.51. The van der Waals surface area contributed by atoms with Gasteiger partial charge in [0.1, 0.15) is 11.8 Å². The van der Waals surface area contributed by atoms with Crippen molar-refractivity contribution in [2.75, 3.05) is 0 Å². The van der Waals surface area contributed by atoms with Gasteiger partial charge in [0.15, 0.2) is 0 Å². The SMILES string of the molecule is N#Cc1[nH]c2c(Cl)cc(Cl)cc2c1-c1ccccc1. The zero-order valence-electron chi connectivity index (χ0n) is 9.74. The number of aromatic amines is 1. The Morgan fingerprint density at radius 1 is 1.05 bits per heavy atom. The van der Waals surface area contributed by atoms with Crippen LogP contribution in [0.1, 0.15) is 5.69 Å². The highest BCUT2D eigenvalue weighted by atomic mass is 35.5. The van der Waals surface area contributed by atoms with Gasteiger partial charge in [-0.2, -0.15) is 5.26 Å². The third kappa shape index (κ3) is 1.98. The summed E-state index contributed by atoms with van der Waals surface area (Å²) in [5.74, 6) is 0. The quantitative estimate of drug-likeness (QED) is 0.671. The maximum absolute atomic E-state index is 9.28. The Bertz CT molecular complexity index is 798. The molecule has 0 radical (unpaired) electrons. The fourth-order valence-corrected chi connectivity index (χ4v) is 2.75. The molecule has 0 aliphatic heterocycles. The van der Waals surface area contributed by atoms with E-state index in [0.29, 0.717) is 15.7 Å². The summed E-state index contributed by atoms with van der Waals surface area (Å²) in [6.07, 6.45) is 0. The van der Waals surface area contributed by atoms with Crippen LogP contribution in [0.3, 0.4) is 0 Å². The first-order chi connectivity index (χ1) is 9.20. The normalized spacial score (nSPS) is 10.6. The molecule has 1 aromatic heterocycles. The largest absolute Gasteiger partial charge is 0.345 e. The van der Waals surface area contributed by atoms with Crippen molar-refractivity contribution in [1.29, 1.82) is 5.26 Å². The molecule has 1 heterocycles. The zero-order chi connectivity index (χ0) is 13.4. The Kier molecular flexibility index (Phi) is 2.94. The second-order valence-corrected chi connectivity index (χ2v) is 5.01. The molecule has 0 amide bonds. The molecule has 0 bridgehead atoms. The van der Waals surface area contributed by atoms with Gasteiger partial charge in [-0.3, -0.25) is 0 Å². The summed E-state index contributed by atoms with van der Waals surface area (Å²) in [4.78, 5) is 3.06. The molecule has 1 N–H and O–H groups in total. The van der Waals surface area contributed by atoms with E-state index in [1.165, 1.54) is 0 Å². The van der Waals surface area contributed by atoms with E-state index in [1.807, 2.05) is 36.4 Å². The minimum atomic E-state index is 0.491. The summed E-state index contributed by atoms with van der Waals surface area (Å²) in [6, 6.07) is 15.4. The summed E-state index contributed by atoms with van der Waals surface area (Å²) in [6.45, 7) is 0. The minimum Gasteiger partial charge on any atom is -0.345 e. The van der Waals surface area contributed by atoms with Gasteiger partial charge in [0.25, 0.3) is 0 Å². The smallest absolute Gasteiger partial charge is 0.126 e. The summed E-state index contributed by atoms with van der Waals surface area (Å²) >= 11 is 12.2. The van der Waals surface area contributed by atoms with Gasteiger partial charge in [-0.05, 0) is 17.7 Å². The number of nitrogens with one attached hydrogen (secondary N) is 1. The van der Waals surface area contributed by atoms with Gasteiger partial charge in [-0.15, -0.1) is 0 Å². The van der Waals surface area contributed by atoms with Crippen LogP contribution in [0.15, 0.2) is 42.5 Å². The molecule has 0 saturated heterocycles. The van der Waals surface area contributed by atoms with Gasteiger partial charge in [0, 0.05) is 16.0 Å². The Morgan fingerprint density at radius 3 is 2.47 bits per heavy atom. The van der Waals surface area contributed by atoms with E-state index >= 15 is 0 Å². The van der Waals surface area contributed by atoms with Gasteiger partial charge in [0.2, 0.25) is 0 Å². The van der Waals surface area contributed by atoms with Crippen molar-refractivity contribution < 1.29 is 0 Å². The second-order valence-electron chi connectivity index (χ2n) is 4.16. The number of aromatic nitrogens is 1. The summed E-state index contributed by atoms with van der Waals surface area (Å²) in [5, 5.41) is 11.2. The molecule has 0 aliphatic rings. The highest BCUT2D eigenvalue weighted by Crippen LogP contribution is 2.37. The lowest BCUT2D eigenvalue weighted by molar-refractivity contribution is 1.37. The number of benzene rings is 2. The topological polar surface area (TPSA) is 39.6 Å². The van der Waals surface area contributed by atoms with E-state index in [9.17, 15) is 5.26 Å². The molecule has 0 spiro atoms. The molecule has 0 fully saturated rings. The molecular weight excluding hydrogens is 279 g/mol. The van der Waals surface area contributed by atoms with Crippen molar-refractivity contribution in [2.45, 2.75) is 0 Å². The maximum Gasteiger partial charge on any atom is 0.126 e. The van der Waals surface area contributed by atoms with Crippen molar-refractivity contribution in [1.82, 2.24) is 4.98 Å². The van der Waals surface area contributed by atoms with Crippen LogP contribution in [-0.4, -0.2) is 4.98 Å². The predicted octanol–water partition coefficient (Wildman–Crippen LogP) is 5.01. The Morgan fingerprint density at radius 2 is 1.79 bits per heavy atom. The first-order valence-electron chi connectivity index (χ1n) is 5.67. The van der Waals surface area contributed by atoms with Crippen molar-refractivity contribution in [2.24, 2.45) is 0 Å². The molecule has 0 aliphatic carbocycles. The Labute approximate surface area is 120 Å². The first kappa shape index (κ1) is 12.1. The van der Waals surface area contributed by atoms with Gasteiger partial charge in [-0.1, -0.05) is 53.5 Å². The molecule has 2 aromatic carbocycles. The number of H-pyrrole nitrogens is 1. The van der Waals surface area contributed by atoms with Gasteiger partial charge in [0.05, 0.1) is 10.5 Å². The minimum absolute atomic E-state index is 0.491. The van der Waals surface area contributed by atoms with E-state index in [0.717, 1.165) is 22.0 Å². The monoisotopic (exact) mass is 286 g/mol. The lowest BCUT2D eigenvalue weighted by atomic mass is 10.0. The number of hydrogen-bond donors (Lipinski definition) is 1. The van der Waals surface area contributed by atoms with E-state index < -0.39 is 0 Å². The Hall–Kier alpha value is -1.95. The third-order valence-electron chi connectivity index (χ3n) is 3.00. The lowest BCUT2D eigenvalue weighted by Gasteiger charge is -2.01. The lowest BCUT2D eigenvalue weighted by Crippen LogP contribution is -1.80. The molecule has 2 nitrogen and oxygen atoms in total.